The highest BCUT2D eigenvalue weighted by molar-refractivity contribution is 7.83. The van der Waals surface area contributed by atoms with E-state index in [-0.39, 0.29) is 0 Å². The molecule has 1 unspecified atom stereocenters. The molecule has 0 N–H and O–H groups in total. The van der Waals surface area contributed by atoms with Crippen LogP contribution in [0.2, 0.25) is 5.02 Å². The highest BCUT2D eigenvalue weighted by Gasteiger charge is 2.29. The first-order valence-corrected chi connectivity index (χ1v) is 6.95. The maximum Gasteiger partial charge on any atom is 0.346 e. The van der Waals surface area contributed by atoms with Gasteiger partial charge in [-0.2, -0.15) is 4.21 Å². The summed E-state index contributed by atoms with van der Waals surface area (Å²) in [5.74, 6) is 0.501. The molecule has 0 aromatic heterocycles. The van der Waals surface area contributed by atoms with E-state index < -0.39 is 11.3 Å². The Morgan fingerprint density at radius 3 is 2.42 bits per heavy atom. The normalized spacial score (nSPS) is 18.1. The number of nitrogens with zero attached hydrogens (tertiary/aromatic N) is 2. The van der Waals surface area contributed by atoms with Gasteiger partial charge >= 0.3 is 11.3 Å². The summed E-state index contributed by atoms with van der Waals surface area (Å²) in [6, 6.07) is 16.4. The number of hydrogen-bond acceptors (Lipinski definition) is 3. The van der Waals surface area contributed by atoms with Crippen molar-refractivity contribution in [3.8, 4) is 0 Å². The standard InChI is InChI=1S/C13H9ClN2O2S/c14-11-8-6-10(7-9-11)13-15-18-19(17)16(13)12-4-2-1-3-5-12/h1-9H. The summed E-state index contributed by atoms with van der Waals surface area (Å²) < 4.78 is 18.3. The second-order valence-corrected chi connectivity index (χ2v) is 5.23. The van der Waals surface area contributed by atoms with E-state index in [0.717, 1.165) is 11.3 Å². The maximum atomic E-state index is 11.9. The summed E-state index contributed by atoms with van der Waals surface area (Å²) in [5, 5.41) is 4.51. The van der Waals surface area contributed by atoms with Crippen molar-refractivity contribution in [1.29, 1.82) is 0 Å². The molecule has 1 heterocycles. The largest absolute Gasteiger partial charge is 0.346 e. The Kier molecular flexibility index (Phi) is 3.23. The molecule has 0 bridgehead atoms. The lowest BCUT2D eigenvalue weighted by molar-refractivity contribution is 0.386. The van der Waals surface area contributed by atoms with Crippen LogP contribution < -0.4 is 4.31 Å². The molecule has 6 heteroatoms. The van der Waals surface area contributed by atoms with Gasteiger partial charge in [0, 0.05) is 10.6 Å². The second-order valence-electron chi connectivity index (χ2n) is 3.84. The van der Waals surface area contributed by atoms with Crippen LogP contribution in [0.3, 0.4) is 0 Å². The van der Waals surface area contributed by atoms with Gasteiger partial charge < -0.3 is 0 Å². The van der Waals surface area contributed by atoms with E-state index in [1.165, 1.54) is 4.31 Å². The summed E-state index contributed by atoms with van der Waals surface area (Å²) in [4.78, 5) is 0. The van der Waals surface area contributed by atoms with Crippen LogP contribution in [0.4, 0.5) is 5.69 Å². The van der Waals surface area contributed by atoms with Crippen molar-refractivity contribution in [2.24, 2.45) is 5.16 Å². The van der Waals surface area contributed by atoms with Crippen LogP contribution in [0.15, 0.2) is 59.8 Å². The molecule has 2 aromatic carbocycles. The van der Waals surface area contributed by atoms with Crippen LogP contribution in [0.25, 0.3) is 0 Å². The molecule has 1 aliphatic rings. The van der Waals surface area contributed by atoms with Crippen molar-refractivity contribution in [2.75, 3.05) is 4.31 Å². The third-order valence-electron chi connectivity index (χ3n) is 2.62. The lowest BCUT2D eigenvalue weighted by Gasteiger charge is -2.15. The van der Waals surface area contributed by atoms with Crippen LogP contribution >= 0.6 is 11.6 Å². The number of anilines is 1. The average molecular weight is 293 g/mol. The maximum absolute atomic E-state index is 11.9. The van der Waals surface area contributed by atoms with Crippen LogP contribution in [-0.2, 0) is 15.6 Å². The summed E-state index contributed by atoms with van der Waals surface area (Å²) in [6.45, 7) is 0. The van der Waals surface area contributed by atoms with Crippen LogP contribution in [0.1, 0.15) is 5.56 Å². The molecule has 0 saturated carbocycles. The number of para-hydroxylation sites is 1. The smallest absolute Gasteiger partial charge is 0.268 e. The van der Waals surface area contributed by atoms with E-state index in [4.69, 9.17) is 15.9 Å². The Hall–Kier alpha value is -1.85. The van der Waals surface area contributed by atoms with Crippen molar-refractivity contribution in [2.45, 2.75) is 0 Å². The van der Waals surface area contributed by atoms with Crippen LogP contribution in [0, 0.1) is 0 Å². The van der Waals surface area contributed by atoms with Gasteiger partial charge in [0.25, 0.3) is 0 Å². The minimum Gasteiger partial charge on any atom is -0.268 e. The highest BCUT2D eigenvalue weighted by atomic mass is 35.5. The van der Waals surface area contributed by atoms with Gasteiger partial charge in [-0.1, -0.05) is 29.8 Å². The summed E-state index contributed by atoms with van der Waals surface area (Å²) >= 11 is 4.20. The van der Waals surface area contributed by atoms with Gasteiger partial charge in [-0.25, -0.2) is 4.31 Å². The van der Waals surface area contributed by atoms with Crippen LogP contribution in [0.5, 0.6) is 0 Å². The quantitative estimate of drug-likeness (QED) is 0.853. The molecule has 0 amide bonds. The minimum absolute atomic E-state index is 0.501. The topological polar surface area (TPSA) is 41.9 Å². The summed E-state index contributed by atoms with van der Waals surface area (Å²) in [6.07, 6.45) is 0. The van der Waals surface area contributed by atoms with E-state index in [9.17, 15) is 4.21 Å². The lowest BCUT2D eigenvalue weighted by Crippen LogP contribution is -2.28. The minimum atomic E-state index is -1.65. The number of benzene rings is 2. The molecule has 3 rings (SSSR count). The predicted molar refractivity (Wildman–Crippen MR) is 76.1 cm³/mol. The van der Waals surface area contributed by atoms with Crippen molar-refractivity contribution in [3.05, 3.63) is 65.2 Å². The SMILES string of the molecule is O=S1ON=C(c2ccc(Cl)cc2)N1c1ccccc1. The number of amidine groups is 1. The number of rotatable bonds is 2. The molecule has 1 atom stereocenters. The molecule has 0 saturated heterocycles. The third-order valence-corrected chi connectivity index (χ3v) is 3.76. The molecule has 96 valence electrons. The number of halogens is 1. The Balaban J connectivity index is 2.01. The van der Waals surface area contributed by atoms with Crippen molar-refractivity contribution < 1.29 is 8.49 Å². The van der Waals surface area contributed by atoms with Crippen molar-refractivity contribution >= 4 is 34.4 Å². The Morgan fingerprint density at radius 2 is 1.74 bits per heavy atom. The Labute approximate surface area is 118 Å². The molecule has 2 aromatic rings. The average Bonchev–Trinajstić information content (AvgIpc) is 2.82. The van der Waals surface area contributed by atoms with Gasteiger partial charge in [-0.05, 0) is 41.6 Å². The van der Waals surface area contributed by atoms with E-state index in [2.05, 4.69) is 5.16 Å². The summed E-state index contributed by atoms with van der Waals surface area (Å²) in [7, 11) is 0. The molecule has 19 heavy (non-hydrogen) atoms. The fourth-order valence-electron chi connectivity index (χ4n) is 1.75. The molecule has 0 aliphatic carbocycles. The molecule has 0 fully saturated rings. The van der Waals surface area contributed by atoms with Gasteiger partial charge in [-0.15, -0.1) is 0 Å². The van der Waals surface area contributed by atoms with Gasteiger partial charge in [0.2, 0.25) is 0 Å². The zero-order valence-electron chi connectivity index (χ0n) is 9.69. The van der Waals surface area contributed by atoms with Crippen LogP contribution in [-0.4, -0.2) is 10.0 Å². The summed E-state index contributed by atoms with van der Waals surface area (Å²) in [5.41, 5.74) is 1.55. The Bertz CT molecular complexity index is 643. The van der Waals surface area contributed by atoms with Crippen molar-refractivity contribution in [3.63, 3.8) is 0 Å². The molecular weight excluding hydrogens is 284 g/mol. The number of oxime groups is 1. The van der Waals surface area contributed by atoms with Gasteiger partial charge in [0.1, 0.15) is 0 Å². The monoisotopic (exact) mass is 292 g/mol. The van der Waals surface area contributed by atoms with Crippen molar-refractivity contribution in [1.82, 2.24) is 0 Å². The zero-order chi connectivity index (χ0) is 13.2. The van der Waals surface area contributed by atoms with E-state index in [1.54, 1.807) is 12.1 Å². The fraction of sp³-hybridized carbons (Fsp3) is 0. The molecule has 0 spiro atoms. The predicted octanol–water partition coefficient (Wildman–Crippen LogP) is 3.12. The van der Waals surface area contributed by atoms with E-state index >= 15 is 0 Å². The first-order valence-electron chi connectivity index (χ1n) is 5.54. The molecular formula is C13H9ClN2O2S. The molecule has 4 nitrogen and oxygen atoms in total. The third kappa shape index (κ3) is 2.34. The first kappa shape index (κ1) is 12.2. The zero-order valence-corrected chi connectivity index (χ0v) is 11.3. The van der Waals surface area contributed by atoms with Gasteiger partial charge in [-0.3, -0.25) is 4.28 Å². The Morgan fingerprint density at radius 1 is 1.05 bits per heavy atom. The lowest BCUT2D eigenvalue weighted by atomic mass is 10.2. The van der Waals surface area contributed by atoms with Gasteiger partial charge in [0.05, 0.1) is 5.69 Å². The molecule has 1 aliphatic heterocycles. The second kappa shape index (κ2) is 5.03. The van der Waals surface area contributed by atoms with Gasteiger partial charge in [0.15, 0.2) is 5.84 Å². The first-order chi connectivity index (χ1) is 9.25. The highest BCUT2D eigenvalue weighted by Crippen LogP contribution is 2.25. The number of hydrogen-bond donors (Lipinski definition) is 0. The van der Waals surface area contributed by atoms with E-state index in [0.29, 0.717) is 10.9 Å². The van der Waals surface area contributed by atoms with E-state index in [1.807, 2.05) is 42.5 Å². The molecule has 0 radical (unpaired) electrons. The fourth-order valence-corrected chi connectivity index (χ4v) is 2.65.